The van der Waals surface area contributed by atoms with Crippen LogP contribution in [-0.2, 0) is 4.74 Å². The van der Waals surface area contributed by atoms with Crippen LogP contribution in [-0.4, -0.2) is 25.3 Å². The predicted molar refractivity (Wildman–Crippen MR) is 96.1 cm³/mol. The average molecular weight is 303 g/mol. The number of ether oxygens (including phenoxy) is 1. The van der Waals surface area contributed by atoms with E-state index in [9.17, 15) is 0 Å². The van der Waals surface area contributed by atoms with Crippen LogP contribution < -0.4 is 5.32 Å². The van der Waals surface area contributed by atoms with Gasteiger partial charge in [0.05, 0.1) is 12.2 Å². The van der Waals surface area contributed by atoms with Gasteiger partial charge < -0.3 is 10.1 Å². The molecule has 1 fully saturated rings. The first-order valence-electron chi connectivity index (χ1n) is 8.26. The van der Waals surface area contributed by atoms with E-state index in [0.717, 1.165) is 13.1 Å². The maximum Gasteiger partial charge on any atom is 0.0893 e. The Morgan fingerprint density at radius 3 is 2.13 bits per heavy atom. The fraction of sp³-hybridized carbons (Fsp3) is 0.238. The summed E-state index contributed by atoms with van der Waals surface area (Å²) in [7, 11) is 0. The van der Waals surface area contributed by atoms with Crippen molar-refractivity contribution in [2.24, 2.45) is 0 Å². The molecule has 0 aromatic heterocycles. The molecule has 2 atom stereocenters. The lowest BCUT2D eigenvalue weighted by atomic mass is 9.92. The Kier molecular flexibility index (Phi) is 3.86. The number of hydrogen-bond donors (Lipinski definition) is 1. The van der Waals surface area contributed by atoms with Gasteiger partial charge in [-0.05, 0) is 40.8 Å². The third-order valence-electron chi connectivity index (χ3n) is 4.48. The molecule has 2 heteroatoms. The second kappa shape index (κ2) is 6.15. The maximum atomic E-state index is 6.10. The van der Waals surface area contributed by atoms with E-state index in [2.05, 4.69) is 79.0 Å². The zero-order chi connectivity index (χ0) is 15.6. The number of morpholine rings is 1. The number of benzene rings is 2. The molecule has 1 N–H and O–H groups in total. The zero-order valence-electron chi connectivity index (χ0n) is 13.3. The summed E-state index contributed by atoms with van der Waals surface area (Å²) >= 11 is 0. The molecular formula is C21H21NO. The van der Waals surface area contributed by atoms with E-state index >= 15 is 0 Å². The van der Waals surface area contributed by atoms with Crippen LogP contribution >= 0.6 is 0 Å². The van der Waals surface area contributed by atoms with Gasteiger partial charge in [-0.1, -0.05) is 60.7 Å². The van der Waals surface area contributed by atoms with E-state index in [1.807, 2.05) is 0 Å². The van der Waals surface area contributed by atoms with Crippen LogP contribution in [0.5, 0.6) is 0 Å². The molecule has 2 nitrogen and oxygen atoms in total. The molecule has 1 aliphatic carbocycles. The van der Waals surface area contributed by atoms with Gasteiger partial charge in [0, 0.05) is 13.1 Å². The second-order valence-electron chi connectivity index (χ2n) is 6.23. The summed E-state index contributed by atoms with van der Waals surface area (Å²) in [6, 6.07) is 17.2. The van der Waals surface area contributed by atoms with Crippen LogP contribution in [0.2, 0.25) is 0 Å². The molecule has 116 valence electrons. The molecule has 0 bridgehead atoms. The Bertz CT molecular complexity index is 723. The summed E-state index contributed by atoms with van der Waals surface area (Å²) in [5, 5.41) is 3.45. The first kappa shape index (κ1) is 14.4. The summed E-state index contributed by atoms with van der Waals surface area (Å²) in [4.78, 5) is 0. The normalized spacial score (nSPS) is 22.9. The molecule has 1 aliphatic heterocycles. The summed E-state index contributed by atoms with van der Waals surface area (Å²) in [6.07, 6.45) is 7.05. The van der Waals surface area contributed by atoms with Gasteiger partial charge in [0.1, 0.15) is 0 Å². The van der Waals surface area contributed by atoms with Gasteiger partial charge in [0.25, 0.3) is 0 Å². The molecule has 0 amide bonds. The highest BCUT2D eigenvalue weighted by atomic mass is 16.5. The Morgan fingerprint density at radius 1 is 0.913 bits per heavy atom. The molecule has 1 saturated heterocycles. The molecule has 2 unspecified atom stereocenters. The van der Waals surface area contributed by atoms with Gasteiger partial charge in [0.15, 0.2) is 0 Å². The van der Waals surface area contributed by atoms with Crippen molar-refractivity contribution in [1.29, 1.82) is 0 Å². The van der Waals surface area contributed by atoms with Gasteiger partial charge in [0.2, 0.25) is 0 Å². The topological polar surface area (TPSA) is 21.3 Å². The van der Waals surface area contributed by atoms with Crippen LogP contribution in [0, 0.1) is 0 Å². The monoisotopic (exact) mass is 303 g/mol. The van der Waals surface area contributed by atoms with Gasteiger partial charge in [-0.25, -0.2) is 0 Å². The quantitative estimate of drug-likeness (QED) is 0.734. The first-order chi connectivity index (χ1) is 11.3. The molecule has 1 heterocycles. The number of nitrogens with one attached hydrogen (secondary N) is 1. The van der Waals surface area contributed by atoms with Crippen LogP contribution in [0.25, 0.3) is 17.7 Å². The maximum absolute atomic E-state index is 6.10. The van der Waals surface area contributed by atoms with E-state index < -0.39 is 0 Å². The third-order valence-corrected chi connectivity index (χ3v) is 4.48. The van der Waals surface area contributed by atoms with Gasteiger partial charge in [-0.15, -0.1) is 0 Å². The fourth-order valence-electron chi connectivity index (χ4n) is 3.39. The Balaban J connectivity index is 1.85. The van der Waals surface area contributed by atoms with Crippen molar-refractivity contribution in [2.75, 3.05) is 13.1 Å². The van der Waals surface area contributed by atoms with Gasteiger partial charge in [-0.3, -0.25) is 0 Å². The van der Waals surface area contributed by atoms with E-state index in [4.69, 9.17) is 4.74 Å². The van der Waals surface area contributed by atoms with E-state index in [0.29, 0.717) is 0 Å². The van der Waals surface area contributed by atoms with E-state index in [-0.39, 0.29) is 12.2 Å². The molecular weight excluding hydrogens is 282 g/mol. The lowest BCUT2D eigenvalue weighted by molar-refractivity contribution is -0.00116. The minimum absolute atomic E-state index is 0.105. The van der Waals surface area contributed by atoms with Gasteiger partial charge >= 0.3 is 0 Å². The smallest absolute Gasteiger partial charge is 0.0893 e. The molecule has 0 radical (unpaired) electrons. The second-order valence-corrected chi connectivity index (χ2v) is 6.23. The summed E-state index contributed by atoms with van der Waals surface area (Å²) in [5.74, 6) is 0. The van der Waals surface area contributed by atoms with Crippen molar-refractivity contribution < 1.29 is 4.74 Å². The SMILES string of the molecule is CC1CNCC(C=C2c3ccccc3C=Cc3ccccc32)O1. The summed E-state index contributed by atoms with van der Waals surface area (Å²) < 4.78 is 6.10. The molecule has 2 aliphatic rings. The standard InChI is InChI=1S/C21H21NO/c1-15-13-22-14-18(23-15)12-21-19-8-4-2-6-16(19)10-11-17-7-3-5-9-20(17)21/h2-12,15,18,22H,13-14H2,1H3. The van der Waals surface area contributed by atoms with Crippen molar-refractivity contribution in [2.45, 2.75) is 19.1 Å². The van der Waals surface area contributed by atoms with Crippen LogP contribution in [0.3, 0.4) is 0 Å². The van der Waals surface area contributed by atoms with Crippen molar-refractivity contribution in [3.05, 3.63) is 76.9 Å². The minimum atomic E-state index is 0.105. The highest BCUT2D eigenvalue weighted by Gasteiger charge is 2.20. The molecule has 2 aromatic carbocycles. The molecule has 0 spiro atoms. The highest BCUT2D eigenvalue weighted by molar-refractivity contribution is 5.93. The minimum Gasteiger partial charge on any atom is -0.369 e. The van der Waals surface area contributed by atoms with Crippen molar-refractivity contribution in [3.8, 4) is 0 Å². The molecule has 2 aromatic rings. The lowest BCUT2D eigenvalue weighted by Gasteiger charge is -2.27. The summed E-state index contributed by atoms with van der Waals surface area (Å²) in [5.41, 5.74) is 6.33. The Labute approximate surface area is 137 Å². The van der Waals surface area contributed by atoms with E-state index in [1.165, 1.54) is 27.8 Å². The number of fused-ring (bicyclic) bond motifs is 2. The van der Waals surface area contributed by atoms with Crippen LogP contribution in [0.15, 0.2) is 54.6 Å². The zero-order valence-corrected chi connectivity index (χ0v) is 13.3. The van der Waals surface area contributed by atoms with Crippen molar-refractivity contribution >= 4 is 17.7 Å². The largest absolute Gasteiger partial charge is 0.369 e. The van der Waals surface area contributed by atoms with Crippen LogP contribution in [0.1, 0.15) is 29.2 Å². The lowest BCUT2D eigenvalue weighted by Crippen LogP contribution is -2.42. The molecule has 4 rings (SSSR count). The Hall–Kier alpha value is -2.16. The Morgan fingerprint density at radius 2 is 1.52 bits per heavy atom. The predicted octanol–water partition coefficient (Wildman–Crippen LogP) is 3.98. The highest BCUT2D eigenvalue weighted by Crippen LogP contribution is 2.34. The third kappa shape index (κ3) is 2.88. The van der Waals surface area contributed by atoms with Crippen molar-refractivity contribution in [1.82, 2.24) is 5.32 Å². The molecule has 23 heavy (non-hydrogen) atoms. The average Bonchev–Trinajstić information content (AvgIpc) is 2.73. The number of hydrogen-bond acceptors (Lipinski definition) is 2. The fourth-order valence-corrected chi connectivity index (χ4v) is 3.39. The van der Waals surface area contributed by atoms with E-state index in [1.54, 1.807) is 0 Å². The molecule has 0 saturated carbocycles. The van der Waals surface area contributed by atoms with Crippen molar-refractivity contribution in [3.63, 3.8) is 0 Å². The number of rotatable bonds is 1. The first-order valence-corrected chi connectivity index (χ1v) is 8.26. The summed E-state index contributed by atoms with van der Waals surface area (Å²) in [6.45, 7) is 3.91. The van der Waals surface area contributed by atoms with Gasteiger partial charge in [-0.2, -0.15) is 0 Å². The van der Waals surface area contributed by atoms with Crippen LogP contribution in [0.4, 0.5) is 0 Å².